The number of carboxylic acids is 1. The summed E-state index contributed by atoms with van der Waals surface area (Å²) in [7, 11) is -3.65. The van der Waals surface area contributed by atoms with Crippen LogP contribution < -0.4 is 10.5 Å². The topological polar surface area (TPSA) is 122 Å². The monoisotopic (exact) mass is 245 g/mol. The maximum absolute atomic E-state index is 11.4. The molecule has 0 saturated carbocycles. The molecule has 0 unspecified atom stereocenters. The second-order valence-corrected chi connectivity index (χ2v) is 4.88. The SMILES string of the molecule is Nc1ccc(NS(=O)(=O)CCC(=O)O)cn1. The number of rotatable bonds is 5. The second kappa shape index (κ2) is 4.79. The molecule has 0 atom stereocenters. The number of carbonyl (C=O) groups is 1. The van der Waals surface area contributed by atoms with E-state index in [0.717, 1.165) is 0 Å². The van der Waals surface area contributed by atoms with Crippen LogP contribution in [0.1, 0.15) is 6.42 Å². The first kappa shape index (κ1) is 12.2. The van der Waals surface area contributed by atoms with Crippen LogP contribution in [0.25, 0.3) is 0 Å². The zero-order valence-electron chi connectivity index (χ0n) is 8.25. The molecule has 0 fully saturated rings. The number of aromatic nitrogens is 1. The normalized spacial score (nSPS) is 11.0. The van der Waals surface area contributed by atoms with Crippen molar-refractivity contribution in [2.24, 2.45) is 0 Å². The number of sulfonamides is 1. The number of pyridine rings is 1. The van der Waals surface area contributed by atoms with E-state index < -0.39 is 28.2 Å². The van der Waals surface area contributed by atoms with E-state index in [0.29, 0.717) is 0 Å². The first-order valence-corrected chi connectivity index (χ1v) is 5.98. The first-order valence-electron chi connectivity index (χ1n) is 4.33. The van der Waals surface area contributed by atoms with E-state index in [-0.39, 0.29) is 11.5 Å². The second-order valence-electron chi connectivity index (χ2n) is 3.04. The van der Waals surface area contributed by atoms with Crippen molar-refractivity contribution in [3.05, 3.63) is 18.3 Å². The number of anilines is 2. The Balaban J connectivity index is 2.65. The molecular weight excluding hydrogens is 234 g/mol. The summed E-state index contributed by atoms with van der Waals surface area (Å²) in [5.74, 6) is -1.37. The Morgan fingerprint density at radius 2 is 2.19 bits per heavy atom. The molecule has 0 bridgehead atoms. The molecule has 8 heteroatoms. The van der Waals surface area contributed by atoms with Gasteiger partial charge in [0.2, 0.25) is 10.0 Å². The van der Waals surface area contributed by atoms with Crippen LogP contribution in [0.3, 0.4) is 0 Å². The molecule has 0 amide bonds. The molecule has 1 aromatic rings. The van der Waals surface area contributed by atoms with Crippen LogP contribution in [0.4, 0.5) is 11.5 Å². The van der Waals surface area contributed by atoms with Crippen molar-refractivity contribution in [1.29, 1.82) is 0 Å². The van der Waals surface area contributed by atoms with Gasteiger partial charge in [-0.05, 0) is 12.1 Å². The molecular formula is C8H11N3O4S. The summed E-state index contributed by atoms with van der Waals surface area (Å²) in [6, 6.07) is 2.88. The average Bonchev–Trinajstić information content (AvgIpc) is 2.19. The van der Waals surface area contributed by atoms with Crippen LogP contribution in [0.5, 0.6) is 0 Å². The summed E-state index contributed by atoms with van der Waals surface area (Å²) in [6.07, 6.45) is 0.811. The van der Waals surface area contributed by atoms with Gasteiger partial charge in [-0.15, -0.1) is 0 Å². The van der Waals surface area contributed by atoms with Gasteiger partial charge in [-0.25, -0.2) is 13.4 Å². The number of nitrogens with zero attached hydrogens (tertiary/aromatic N) is 1. The Morgan fingerprint density at radius 3 is 2.69 bits per heavy atom. The minimum absolute atomic E-state index is 0.250. The number of nitrogen functional groups attached to an aromatic ring is 1. The van der Waals surface area contributed by atoms with Crippen molar-refractivity contribution in [3.8, 4) is 0 Å². The van der Waals surface area contributed by atoms with Gasteiger partial charge in [0.1, 0.15) is 5.82 Å². The number of nitrogens with one attached hydrogen (secondary N) is 1. The number of carboxylic acid groups (broad SMARTS) is 1. The number of hydrogen-bond donors (Lipinski definition) is 3. The summed E-state index contributed by atoms with van der Waals surface area (Å²) < 4.78 is 24.9. The molecule has 88 valence electrons. The molecule has 0 aliphatic carbocycles. The van der Waals surface area contributed by atoms with Crippen molar-refractivity contribution < 1.29 is 18.3 Å². The summed E-state index contributed by atoms with van der Waals surface area (Å²) in [6.45, 7) is 0. The fourth-order valence-corrected chi connectivity index (χ4v) is 1.94. The van der Waals surface area contributed by atoms with E-state index in [1.807, 2.05) is 0 Å². The van der Waals surface area contributed by atoms with E-state index >= 15 is 0 Å². The van der Waals surface area contributed by atoms with Gasteiger partial charge in [0.25, 0.3) is 0 Å². The summed E-state index contributed by atoms with van der Waals surface area (Å²) >= 11 is 0. The van der Waals surface area contributed by atoms with Crippen LogP contribution in [0, 0.1) is 0 Å². The minimum Gasteiger partial charge on any atom is -0.481 e. The molecule has 16 heavy (non-hydrogen) atoms. The van der Waals surface area contributed by atoms with E-state index in [4.69, 9.17) is 10.8 Å². The highest BCUT2D eigenvalue weighted by atomic mass is 32.2. The molecule has 4 N–H and O–H groups in total. The van der Waals surface area contributed by atoms with Gasteiger partial charge >= 0.3 is 5.97 Å². The quantitative estimate of drug-likeness (QED) is 0.664. The van der Waals surface area contributed by atoms with Crippen molar-refractivity contribution in [1.82, 2.24) is 4.98 Å². The van der Waals surface area contributed by atoms with E-state index in [9.17, 15) is 13.2 Å². The third-order valence-electron chi connectivity index (χ3n) is 1.64. The minimum atomic E-state index is -3.65. The number of aliphatic carboxylic acids is 1. The zero-order valence-corrected chi connectivity index (χ0v) is 9.07. The third-order valence-corrected chi connectivity index (χ3v) is 2.93. The van der Waals surface area contributed by atoms with Crippen LogP contribution in [-0.4, -0.2) is 30.2 Å². The van der Waals surface area contributed by atoms with Gasteiger partial charge in [-0.1, -0.05) is 0 Å². The smallest absolute Gasteiger partial charge is 0.304 e. The van der Waals surface area contributed by atoms with E-state index in [2.05, 4.69) is 9.71 Å². The summed E-state index contributed by atoms with van der Waals surface area (Å²) in [5.41, 5.74) is 5.57. The lowest BCUT2D eigenvalue weighted by molar-refractivity contribution is -0.136. The highest BCUT2D eigenvalue weighted by Crippen LogP contribution is 2.09. The molecule has 0 radical (unpaired) electrons. The molecule has 0 aliphatic heterocycles. The molecule has 0 aromatic carbocycles. The van der Waals surface area contributed by atoms with Crippen molar-refractivity contribution in [3.63, 3.8) is 0 Å². The maximum atomic E-state index is 11.4. The Bertz CT molecular complexity index is 469. The predicted octanol–water partition coefficient (Wildman–Crippen LogP) is -0.120. The number of nitrogens with two attached hydrogens (primary N) is 1. The lowest BCUT2D eigenvalue weighted by Gasteiger charge is -2.06. The largest absolute Gasteiger partial charge is 0.481 e. The molecule has 1 rings (SSSR count). The molecule has 7 nitrogen and oxygen atoms in total. The van der Waals surface area contributed by atoms with Crippen molar-refractivity contribution in [2.75, 3.05) is 16.2 Å². The Morgan fingerprint density at radius 1 is 1.50 bits per heavy atom. The van der Waals surface area contributed by atoms with Gasteiger partial charge in [0.05, 0.1) is 24.1 Å². The molecule has 0 spiro atoms. The van der Waals surface area contributed by atoms with Gasteiger partial charge in [-0.3, -0.25) is 9.52 Å². The molecule has 1 aromatic heterocycles. The standard InChI is InChI=1S/C8H11N3O4S/c9-7-2-1-6(5-10-7)11-16(14,15)4-3-8(12)13/h1-2,5,11H,3-4H2,(H2,9,10)(H,12,13). The van der Waals surface area contributed by atoms with Crippen LogP contribution in [0.15, 0.2) is 18.3 Å². The van der Waals surface area contributed by atoms with Gasteiger partial charge in [0.15, 0.2) is 0 Å². The van der Waals surface area contributed by atoms with E-state index in [1.54, 1.807) is 0 Å². The highest BCUT2D eigenvalue weighted by Gasteiger charge is 2.12. The third kappa shape index (κ3) is 4.13. The zero-order chi connectivity index (χ0) is 12.2. The van der Waals surface area contributed by atoms with E-state index in [1.165, 1.54) is 18.3 Å². The Hall–Kier alpha value is -1.83. The van der Waals surface area contributed by atoms with Crippen molar-refractivity contribution >= 4 is 27.5 Å². The molecule has 1 heterocycles. The van der Waals surface area contributed by atoms with Crippen LogP contribution >= 0.6 is 0 Å². The lowest BCUT2D eigenvalue weighted by atomic mass is 10.4. The number of hydrogen-bond acceptors (Lipinski definition) is 5. The van der Waals surface area contributed by atoms with Gasteiger partial charge in [0, 0.05) is 0 Å². The van der Waals surface area contributed by atoms with Crippen LogP contribution in [0.2, 0.25) is 0 Å². The summed E-state index contributed by atoms with van der Waals surface area (Å²) in [5, 5.41) is 8.36. The average molecular weight is 245 g/mol. The highest BCUT2D eigenvalue weighted by molar-refractivity contribution is 7.92. The van der Waals surface area contributed by atoms with Gasteiger partial charge < -0.3 is 10.8 Å². The summed E-state index contributed by atoms with van der Waals surface area (Å²) in [4.78, 5) is 13.9. The fourth-order valence-electron chi connectivity index (χ4n) is 0.918. The molecule has 0 aliphatic rings. The molecule has 0 saturated heterocycles. The maximum Gasteiger partial charge on any atom is 0.304 e. The fraction of sp³-hybridized carbons (Fsp3) is 0.250. The first-order chi connectivity index (χ1) is 7.39. The van der Waals surface area contributed by atoms with Gasteiger partial charge in [-0.2, -0.15) is 0 Å². The van der Waals surface area contributed by atoms with Crippen LogP contribution in [-0.2, 0) is 14.8 Å². The Kier molecular flexibility index (Phi) is 3.67. The lowest BCUT2D eigenvalue weighted by Crippen LogP contribution is -2.19. The Labute approximate surface area is 92.4 Å². The predicted molar refractivity (Wildman–Crippen MR) is 58.3 cm³/mol. The van der Waals surface area contributed by atoms with Crippen molar-refractivity contribution in [2.45, 2.75) is 6.42 Å².